The number of imide groups is 1. The lowest BCUT2D eigenvalue weighted by molar-refractivity contribution is -0.233. The van der Waals surface area contributed by atoms with Gasteiger partial charge in [0, 0.05) is 24.9 Å². The van der Waals surface area contributed by atoms with E-state index in [0.29, 0.717) is 5.56 Å². The number of likely N-dealkylation sites (tertiary alicyclic amines) is 1. The fourth-order valence-electron chi connectivity index (χ4n) is 6.09. The molecule has 0 radical (unpaired) electrons. The van der Waals surface area contributed by atoms with Gasteiger partial charge < -0.3 is 36.4 Å². The summed E-state index contributed by atoms with van der Waals surface area (Å²) in [4.78, 5) is 40.4. The van der Waals surface area contributed by atoms with Crippen molar-refractivity contribution in [2.24, 2.45) is 0 Å². The van der Waals surface area contributed by atoms with Crippen LogP contribution in [0.4, 0.5) is 0 Å². The van der Waals surface area contributed by atoms with Gasteiger partial charge in [0.1, 0.15) is 6.04 Å². The average Bonchev–Trinajstić information content (AvgIpc) is 3.46. The summed E-state index contributed by atoms with van der Waals surface area (Å²) >= 11 is 0. The molecule has 4 aliphatic heterocycles. The van der Waals surface area contributed by atoms with Crippen LogP contribution in [0.3, 0.4) is 0 Å². The lowest BCUT2D eigenvalue weighted by Gasteiger charge is -2.51. The van der Waals surface area contributed by atoms with E-state index in [9.17, 15) is 24.6 Å². The Labute approximate surface area is 211 Å². The molecule has 12 heteroatoms. The van der Waals surface area contributed by atoms with Crippen molar-refractivity contribution < 1.29 is 24.6 Å². The lowest BCUT2D eigenvalue weighted by atomic mass is 9.84. The number of nitrogens with zero attached hydrogens (tertiary/aromatic N) is 2. The molecule has 37 heavy (non-hydrogen) atoms. The smallest absolute Gasteiger partial charge is 0.252 e. The standard InChI is InChI=1S/C25H27N7O5/c1-13-27-21-17(11-31-19(33)9-10-20(31)34)28-23(26)32-12-18(25(36,37)24(21,32)30-13)29-22(35)16-8-4-6-14-5-2-3-7-15(14)16/h2-8,17-18,21,27,30,36-37H,1,9-12H2,(H2,26,28)(H,29,35)/t17-,18-,21-,24-/m0/s1. The summed E-state index contributed by atoms with van der Waals surface area (Å²) in [5, 5.41) is 45.3. The highest BCUT2D eigenvalue weighted by Gasteiger charge is 2.74. The number of guanidine groups is 1. The van der Waals surface area contributed by atoms with Gasteiger partial charge in [-0.3, -0.25) is 24.7 Å². The van der Waals surface area contributed by atoms with Gasteiger partial charge in [-0.05, 0) is 16.8 Å². The third kappa shape index (κ3) is 3.22. The van der Waals surface area contributed by atoms with E-state index in [0.717, 1.165) is 15.7 Å². The Morgan fingerprint density at radius 1 is 1.11 bits per heavy atom. The van der Waals surface area contributed by atoms with Crippen LogP contribution in [0.5, 0.6) is 0 Å². The van der Waals surface area contributed by atoms with Gasteiger partial charge in [0.05, 0.1) is 24.4 Å². The lowest BCUT2D eigenvalue weighted by Crippen LogP contribution is -2.81. The molecule has 0 saturated carbocycles. The molecule has 1 spiro atoms. The van der Waals surface area contributed by atoms with Crippen molar-refractivity contribution in [3.05, 3.63) is 60.4 Å². The van der Waals surface area contributed by atoms with E-state index >= 15 is 0 Å². The second-order valence-electron chi connectivity index (χ2n) is 9.88. The van der Waals surface area contributed by atoms with Crippen molar-refractivity contribution in [3.63, 3.8) is 0 Å². The monoisotopic (exact) mass is 505 g/mol. The Bertz CT molecular complexity index is 1350. The summed E-state index contributed by atoms with van der Waals surface area (Å²) in [6, 6.07) is 9.96. The number of rotatable bonds is 4. The van der Waals surface area contributed by atoms with Gasteiger partial charge in [-0.2, -0.15) is 0 Å². The second-order valence-corrected chi connectivity index (χ2v) is 9.88. The van der Waals surface area contributed by atoms with E-state index in [-0.39, 0.29) is 49.5 Å². The van der Waals surface area contributed by atoms with Crippen molar-refractivity contribution in [2.75, 3.05) is 13.1 Å². The van der Waals surface area contributed by atoms with Crippen molar-refractivity contribution in [2.45, 2.75) is 42.4 Å². The Morgan fingerprint density at radius 3 is 2.57 bits per heavy atom. The first kappa shape index (κ1) is 23.3. The number of carbonyl (C=O) groups excluding carboxylic acids is 3. The van der Waals surface area contributed by atoms with Crippen molar-refractivity contribution in [3.8, 4) is 0 Å². The predicted octanol–water partition coefficient (Wildman–Crippen LogP) is -1.28. The molecular weight excluding hydrogens is 478 g/mol. The molecule has 2 aromatic carbocycles. The molecule has 12 nitrogen and oxygen atoms in total. The first-order valence-electron chi connectivity index (χ1n) is 12.1. The van der Waals surface area contributed by atoms with Crippen LogP contribution in [-0.2, 0) is 9.59 Å². The normalized spacial score (nSPS) is 30.1. The first-order chi connectivity index (χ1) is 17.6. The summed E-state index contributed by atoms with van der Waals surface area (Å²) in [5.41, 5.74) is -1.31. The van der Waals surface area contributed by atoms with Gasteiger partial charge in [-0.15, -0.1) is 0 Å². The molecule has 4 aliphatic rings. The highest BCUT2D eigenvalue weighted by molar-refractivity contribution is 6.07. The molecule has 4 fully saturated rings. The third-order valence-electron chi connectivity index (χ3n) is 7.83. The topological polar surface area (TPSA) is 170 Å². The quantitative estimate of drug-likeness (QED) is 0.198. The number of fused-ring (bicyclic) bond motifs is 1. The van der Waals surface area contributed by atoms with Crippen LogP contribution in [-0.4, -0.2) is 86.4 Å². The van der Waals surface area contributed by atoms with Gasteiger partial charge in [-0.25, -0.2) is 0 Å². The highest BCUT2D eigenvalue weighted by atomic mass is 16.5. The predicted molar refractivity (Wildman–Crippen MR) is 132 cm³/mol. The molecule has 0 aliphatic carbocycles. The summed E-state index contributed by atoms with van der Waals surface area (Å²) in [6.07, 6.45) is 0.241. The maximum Gasteiger partial charge on any atom is 0.252 e. The molecule has 0 unspecified atom stereocenters. The largest absolute Gasteiger partial charge is 0.363 e. The number of hydrogen-bond acceptors (Lipinski definition) is 8. The minimum atomic E-state index is -2.57. The van der Waals surface area contributed by atoms with E-state index < -0.39 is 35.5 Å². The zero-order chi connectivity index (χ0) is 26.1. The molecule has 2 aromatic rings. The van der Waals surface area contributed by atoms with Crippen LogP contribution >= 0.6 is 0 Å². The molecule has 0 aromatic heterocycles. The van der Waals surface area contributed by atoms with Crippen LogP contribution < -0.4 is 21.3 Å². The fraction of sp³-hybridized carbons (Fsp3) is 0.360. The molecule has 0 bridgehead atoms. The Hall–Kier alpha value is -4.16. The van der Waals surface area contributed by atoms with E-state index in [1.54, 1.807) is 12.1 Å². The van der Waals surface area contributed by atoms with Crippen LogP contribution in [0.2, 0.25) is 0 Å². The molecule has 4 atom stereocenters. The zero-order valence-electron chi connectivity index (χ0n) is 19.8. The van der Waals surface area contributed by atoms with Gasteiger partial charge in [-0.1, -0.05) is 43.0 Å². The van der Waals surface area contributed by atoms with E-state index in [4.69, 9.17) is 5.41 Å². The summed E-state index contributed by atoms with van der Waals surface area (Å²) in [5.74, 6) is -3.55. The molecular formula is C25H27N7O5. The first-order valence-corrected chi connectivity index (χ1v) is 12.1. The Morgan fingerprint density at radius 2 is 1.81 bits per heavy atom. The SMILES string of the molecule is C=C1N[C@H]2[C@H](CN3C(=O)CCC3=O)NC(=N)N3C[C@H](NC(=O)c4cccc5ccccc45)C(O)(O)[C@]23N1. The minimum Gasteiger partial charge on any atom is -0.363 e. The molecule has 3 amide bonds. The number of carbonyl (C=O) groups is 3. The maximum absolute atomic E-state index is 13.4. The zero-order valence-corrected chi connectivity index (χ0v) is 19.8. The van der Waals surface area contributed by atoms with E-state index in [2.05, 4.69) is 27.8 Å². The molecule has 4 saturated heterocycles. The molecule has 6 rings (SSSR count). The minimum absolute atomic E-state index is 0.0641. The van der Waals surface area contributed by atoms with Gasteiger partial charge in [0.2, 0.25) is 17.6 Å². The number of aliphatic hydroxyl groups is 2. The van der Waals surface area contributed by atoms with Crippen LogP contribution in [0.15, 0.2) is 54.9 Å². The Kier molecular flexibility index (Phi) is 4.98. The van der Waals surface area contributed by atoms with Gasteiger partial charge >= 0.3 is 0 Å². The number of benzene rings is 2. The van der Waals surface area contributed by atoms with Crippen molar-refractivity contribution in [1.29, 1.82) is 5.41 Å². The van der Waals surface area contributed by atoms with Gasteiger partial charge in [0.25, 0.3) is 5.91 Å². The maximum atomic E-state index is 13.4. The third-order valence-corrected chi connectivity index (χ3v) is 7.83. The summed E-state index contributed by atoms with van der Waals surface area (Å²) < 4.78 is 0. The Balaban J connectivity index is 1.33. The van der Waals surface area contributed by atoms with Crippen LogP contribution in [0.1, 0.15) is 23.2 Å². The summed E-state index contributed by atoms with van der Waals surface area (Å²) in [6.45, 7) is 3.72. The second kappa shape index (κ2) is 7.92. The van der Waals surface area contributed by atoms with Crippen LogP contribution in [0.25, 0.3) is 10.8 Å². The molecule has 192 valence electrons. The number of hydrogen-bond donors (Lipinski definition) is 7. The van der Waals surface area contributed by atoms with E-state index in [1.807, 2.05) is 30.3 Å². The summed E-state index contributed by atoms with van der Waals surface area (Å²) in [7, 11) is 0. The fourth-order valence-corrected chi connectivity index (χ4v) is 6.09. The molecule has 4 heterocycles. The van der Waals surface area contributed by atoms with Crippen LogP contribution in [0, 0.1) is 5.41 Å². The number of nitrogens with one attached hydrogen (secondary N) is 5. The van der Waals surface area contributed by atoms with Crippen molar-refractivity contribution in [1.82, 2.24) is 31.1 Å². The number of amides is 3. The molecule has 7 N–H and O–H groups in total. The average molecular weight is 506 g/mol. The van der Waals surface area contributed by atoms with E-state index in [1.165, 1.54) is 4.90 Å². The van der Waals surface area contributed by atoms with Crippen molar-refractivity contribution >= 4 is 34.5 Å². The van der Waals surface area contributed by atoms with Gasteiger partial charge in [0.15, 0.2) is 11.6 Å². The highest BCUT2D eigenvalue weighted by Crippen LogP contribution is 2.44.